The van der Waals surface area contributed by atoms with E-state index in [1.165, 1.54) is 32.2 Å². The van der Waals surface area contributed by atoms with E-state index in [1.807, 2.05) is 14.2 Å². The third-order valence-electron chi connectivity index (χ3n) is 2.62. The second kappa shape index (κ2) is 4.73. The molecule has 0 heterocycles. The van der Waals surface area contributed by atoms with Crippen molar-refractivity contribution in [2.75, 3.05) is 20.7 Å². The molecule has 0 atom stereocenters. The van der Waals surface area contributed by atoms with E-state index in [9.17, 15) is 0 Å². The highest BCUT2D eigenvalue weighted by atomic mass is 16.5. The zero-order chi connectivity index (χ0) is 8.10. The second-order valence-corrected chi connectivity index (χ2v) is 3.44. The average molecular weight is 157 g/mol. The number of hydrogen-bond acceptors (Lipinski definition) is 2. The summed E-state index contributed by atoms with van der Waals surface area (Å²) in [4.78, 5) is 0. The largest absolute Gasteiger partial charge is 0.381 e. The number of rotatable bonds is 3. The van der Waals surface area contributed by atoms with E-state index in [4.69, 9.17) is 4.74 Å². The molecule has 1 aliphatic rings. The quantitative estimate of drug-likeness (QED) is 0.669. The van der Waals surface area contributed by atoms with Crippen LogP contribution in [0.5, 0.6) is 0 Å². The third-order valence-corrected chi connectivity index (χ3v) is 2.62. The van der Waals surface area contributed by atoms with Crippen molar-refractivity contribution in [3.63, 3.8) is 0 Å². The molecule has 0 bridgehead atoms. The van der Waals surface area contributed by atoms with Gasteiger partial charge >= 0.3 is 0 Å². The Kier molecular flexibility index (Phi) is 3.87. The highest BCUT2D eigenvalue weighted by Crippen LogP contribution is 2.24. The van der Waals surface area contributed by atoms with Crippen molar-refractivity contribution >= 4 is 0 Å². The van der Waals surface area contributed by atoms with E-state index in [2.05, 4.69) is 5.32 Å². The summed E-state index contributed by atoms with van der Waals surface area (Å²) >= 11 is 0. The molecule has 0 saturated heterocycles. The highest BCUT2D eigenvalue weighted by molar-refractivity contribution is 4.73. The van der Waals surface area contributed by atoms with Gasteiger partial charge in [-0.25, -0.2) is 0 Å². The fraction of sp³-hybridized carbons (Fsp3) is 1.00. The Morgan fingerprint density at radius 3 is 2.36 bits per heavy atom. The maximum atomic E-state index is 5.30. The van der Waals surface area contributed by atoms with E-state index < -0.39 is 0 Å². The molecule has 1 saturated carbocycles. The molecule has 1 aliphatic carbocycles. The monoisotopic (exact) mass is 157 g/mol. The Hall–Kier alpha value is -0.0800. The van der Waals surface area contributed by atoms with Gasteiger partial charge in [-0.1, -0.05) is 0 Å². The van der Waals surface area contributed by atoms with E-state index in [1.54, 1.807) is 0 Å². The number of nitrogens with one attached hydrogen (secondary N) is 1. The van der Waals surface area contributed by atoms with E-state index in [-0.39, 0.29) is 0 Å². The Morgan fingerprint density at radius 1 is 1.27 bits per heavy atom. The van der Waals surface area contributed by atoms with Crippen LogP contribution in [0.15, 0.2) is 0 Å². The zero-order valence-corrected chi connectivity index (χ0v) is 7.60. The Bertz CT molecular complexity index is 97.7. The third kappa shape index (κ3) is 2.80. The SMILES string of the molecule is CNCC1CCC(OC)CC1. The number of ether oxygens (including phenoxy) is 1. The first kappa shape index (κ1) is 9.01. The molecule has 11 heavy (non-hydrogen) atoms. The minimum atomic E-state index is 0.545. The maximum Gasteiger partial charge on any atom is 0.0571 e. The molecule has 0 aromatic heterocycles. The summed E-state index contributed by atoms with van der Waals surface area (Å²) in [5.74, 6) is 0.895. The van der Waals surface area contributed by atoms with Crippen LogP contribution in [0.4, 0.5) is 0 Å². The van der Waals surface area contributed by atoms with Crippen molar-refractivity contribution < 1.29 is 4.74 Å². The first-order chi connectivity index (χ1) is 5.36. The Labute approximate surface area is 69.3 Å². The summed E-state index contributed by atoms with van der Waals surface area (Å²) in [5, 5.41) is 3.23. The van der Waals surface area contributed by atoms with Gasteiger partial charge in [0.25, 0.3) is 0 Å². The minimum absolute atomic E-state index is 0.545. The predicted octanol–water partition coefficient (Wildman–Crippen LogP) is 1.41. The van der Waals surface area contributed by atoms with E-state index >= 15 is 0 Å². The topological polar surface area (TPSA) is 21.3 Å². The summed E-state index contributed by atoms with van der Waals surface area (Å²) in [6.45, 7) is 1.18. The first-order valence-corrected chi connectivity index (χ1v) is 4.54. The smallest absolute Gasteiger partial charge is 0.0571 e. The summed E-state index contributed by atoms with van der Waals surface area (Å²) < 4.78 is 5.30. The standard InChI is InChI=1S/C9H19NO/c1-10-7-8-3-5-9(11-2)6-4-8/h8-10H,3-7H2,1-2H3. The lowest BCUT2D eigenvalue weighted by Crippen LogP contribution is -2.26. The predicted molar refractivity (Wildman–Crippen MR) is 46.7 cm³/mol. The average Bonchev–Trinajstić information content (AvgIpc) is 2.07. The van der Waals surface area contributed by atoms with Crippen LogP contribution < -0.4 is 5.32 Å². The first-order valence-electron chi connectivity index (χ1n) is 4.54. The summed E-state index contributed by atoms with van der Waals surface area (Å²) in [5.41, 5.74) is 0. The molecule has 1 N–H and O–H groups in total. The lowest BCUT2D eigenvalue weighted by Gasteiger charge is -2.27. The van der Waals surface area contributed by atoms with E-state index in [0.29, 0.717) is 6.10 Å². The molecule has 0 unspecified atom stereocenters. The normalized spacial score (nSPS) is 32.2. The second-order valence-electron chi connectivity index (χ2n) is 3.44. The molecule has 0 aliphatic heterocycles. The van der Waals surface area contributed by atoms with Crippen LogP contribution in [0.1, 0.15) is 25.7 Å². The lowest BCUT2D eigenvalue weighted by atomic mass is 9.87. The zero-order valence-electron chi connectivity index (χ0n) is 7.60. The van der Waals surface area contributed by atoms with Gasteiger partial charge in [0.2, 0.25) is 0 Å². The van der Waals surface area contributed by atoms with Crippen LogP contribution in [0, 0.1) is 5.92 Å². The van der Waals surface area contributed by atoms with Crippen molar-refractivity contribution in [2.24, 2.45) is 5.92 Å². The van der Waals surface area contributed by atoms with Gasteiger partial charge in [0, 0.05) is 7.11 Å². The van der Waals surface area contributed by atoms with Gasteiger partial charge < -0.3 is 10.1 Å². The van der Waals surface area contributed by atoms with Crippen LogP contribution in [0.2, 0.25) is 0 Å². The summed E-state index contributed by atoms with van der Waals surface area (Å²) in [6.07, 6.45) is 5.72. The van der Waals surface area contributed by atoms with E-state index in [0.717, 1.165) is 5.92 Å². The summed E-state index contributed by atoms with van der Waals surface area (Å²) in [7, 11) is 3.85. The van der Waals surface area contributed by atoms with Crippen LogP contribution in [0.25, 0.3) is 0 Å². The molecule has 0 aromatic rings. The van der Waals surface area contributed by atoms with Crippen molar-refractivity contribution in [2.45, 2.75) is 31.8 Å². The molecule has 0 radical (unpaired) electrons. The molecule has 0 amide bonds. The number of hydrogen-bond donors (Lipinski definition) is 1. The lowest BCUT2D eigenvalue weighted by molar-refractivity contribution is 0.0571. The Morgan fingerprint density at radius 2 is 1.91 bits per heavy atom. The van der Waals surface area contributed by atoms with Crippen LogP contribution in [-0.4, -0.2) is 26.8 Å². The highest BCUT2D eigenvalue weighted by Gasteiger charge is 2.19. The fourth-order valence-electron chi connectivity index (χ4n) is 1.86. The van der Waals surface area contributed by atoms with Crippen LogP contribution in [0.3, 0.4) is 0 Å². The molecule has 66 valence electrons. The molecule has 2 nitrogen and oxygen atoms in total. The molecule has 2 heteroatoms. The van der Waals surface area contributed by atoms with Gasteiger partial charge in [-0.2, -0.15) is 0 Å². The fourth-order valence-corrected chi connectivity index (χ4v) is 1.86. The molecule has 1 rings (SSSR count). The van der Waals surface area contributed by atoms with Gasteiger partial charge in [-0.05, 0) is 45.2 Å². The van der Waals surface area contributed by atoms with Crippen molar-refractivity contribution in [1.82, 2.24) is 5.32 Å². The maximum absolute atomic E-state index is 5.30. The molecule has 0 spiro atoms. The van der Waals surface area contributed by atoms with Crippen molar-refractivity contribution in [3.8, 4) is 0 Å². The van der Waals surface area contributed by atoms with Gasteiger partial charge in [0.15, 0.2) is 0 Å². The number of methoxy groups -OCH3 is 1. The molecule has 1 fully saturated rings. The molecular formula is C9H19NO. The van der Waals surface area contributed by atoms with Crippen LogP contribution >= 0.6 is 0 Å². The molecule has 0 aromatic carbocycles. The van der Waals surface area contributed by atoms with Crippen molar-refractivity contribution in [3.05, 3.63) is 0 Å². The van der Waals surface area contributed by atoms with Gasteiger partial charge in [0.05, 0.1) is 6.10 Å². The van der Waals surface area contributed by atoms with Gasteiger partial charge in [-0.15, -0.1) is 0 Å². The van der Waals surface area contributed by atoms with Gasteiger partial charge in [0.1, 0.15) is 0 Å². The van der Waals surface area contributed by atoms with Gasteiger partial charge in [-0.3, -0.25) is 0 Å². The van der Waals surface area contributed by atoms with Crippen LogP contribution in [-0.2, 0) is 4.74 Å². The minimum Gasteiger partial charge on any atom is -0.381 e. The summed E-state index contributed by atoms with van der Waals surface area (Å²) in [6, 6.07) is 0. The Balaban J connectivity index is 2.14. The van der Waals surface area contributed by atoms with Crippen molar-refractivity contribution in [1.29, 1.82) is 0 Å². The molecular weight excluding hydrogens is 138 g/mol.